The Morgan fingerprint density at radius 1 is 0.840 bits per heavy atom. The van der Waals surface area contributed by atoms with Crippen LogP contribution >= 0.6 is 0 Å². The smallest absolute Gasteiger partial charge is 0.0658 e. The first kappa shape index (κ1) is 19.0. The first-order valence-electron chi connectivity index (χ1n) is 10.9. The molecular formula is C23H40N2. The Kier molecular flexibility index (Phi) is 5.96. The van der Waals surface area contributed by atoms with Gasteiger partial charge in [0, 0.05) is 17.5 Å². The molecule has 6 atom stereocenters. The Labute approximate surface area is 155 Å². The van der Waals surface area contributed by atoms with E-state index in [1.54, 1.807) is 0 Å². The molecule has 0 saturated heterocycles. The lowest BCUT2D eigenvalue weighted by molar-refractivity contribution is 0.193. The zero-order valence-electron chi connectivity index (χ0n) is 17.4. The third kappa shape index (κ3) is 4.14. The molecule has 1 heterocycles. The van der Waals surface area contributed by atoms with Gasteiger partial charge in [0.15, 0.2) is 0 Å². The van der Waals surface area contributed by atoms with Crippen molar-refractivity contribution in [2.24, 2.45) is 35.5 Å². The van der Waals surface area contributed by atoms with Gasteiger partial charge in [0.1, 0.15) is 0 Å². The minimum atomic E-state index is 0.660. The average molecular weight is 345 g/mol. The van der Waals surface area contributed by atoms with Gasteiger partial charge in [-0.2, -0.15) is 5.10 Å². The van der Waals surface area contributed by atoms with E-state index in [0.717, 1.165) is 35.5 Å². The molecule has 1 N–H and O–H groups in total. The van der Waals surface area contributed by atoms with Crippen molar-refractivity contribution in [2.75, 3.05) is 0 Å². The molecular weight excluding hydrogens is 304 g/mol. The fourth-order valence-electron chi connectivity index (χ4n) is 5.84. The predicted octanol–water partition coefficient (Wildman–Crippen LogP) is 6.76. The van der Waals surface area contributed by atoms with E-state index in [2.05, 4.69) is 52.7 Å². The van der Waals surface area contributed by atoms with Crippen molar-refractivity contribution in [1.82, 2.24) is 10.2 Å². The minimum Gasteiger partial charge on any atom is -0.282 e. The number of H-pyrrole nitrogens is 1. The summed E-state index contributed by atoms with van der Waals surface area (Å²) in [6, 6.07) is 2.47. The molecule has 0 amide bonds. The minimum absolute atomic E-state index is 0.660. The van der Waals surface area contributed by atoms with Gasteiger partial charge in [-0.1, -0.05) is 54.4 Å². The van der Waals surface area contributed by atoms with Crippen LogP contribution in [0.3, 0.4) is 0 Å². The Morgan fingerprint density at radius 2 is 1.36 bits per heavy atom. The van der Waals surface area contributed by atoms with Gasteiger partial charge in [0.2, 0.25) is 0 Å². The second-order valence-electron chi connectivity index (χ2n) is 10.1. The summed E-state index contributed by atoms with van der Waals surface area (Å²) in [6.45, 7) is 14.5. The summed E-state index contributed by atoms with van der Waals surface area (Å²) >= 11 is 0. The monoisotopic (exact) mass is 344 g/mol. The van der Waals surface area contributed by atoms with Crippen LogP contribution in [0.1, 0.15) is 103 Å². The molecule has 3 rings (SSSR count). The van der Waals surface area contributed by atoms with Crippen LogP contribution in [-0.2, 0) is 0 Å². The number of hydrogen-bond donors (Lipinski definition) is 1. The Hall–Kier alpha value is -0.790. The van der Waals surface area contributed by atoms with Crippen LogP contribution in [0, 0.1) is 35.5 Å². The molecule has 0 aliphatic heterocycles. The number of nitrogens with zero attached hydrogens (tertiary/aromatic N) is 1. The van der Waals surface area contributed by atoms with Crippen LogP contribution < -0.4 is 0 Å². The summed E-state index contributed by atoms with van der Waals surface area (Å²) in [5.41, 5.74) is 2.79. The van der Waals surface area contributed by atoms with Crippen LogP contribution in [0.5, 0.6) is 0 Å². The second kappa shape index (κ2) is 7.84. The van der Waals surface area contributed by atoms with Gasteiger partial charge in [-0.05, 0) is 67.3 Å². The molecule has 1 aromatic heterocycles. The number of nitrogens with one attached hydrogen (secondary N) is 1. The van der Waals surface area contributed by atoms with Crippen molar-refractivity contribution >= 4 is 0 Å². The first-order chi connectivity index (χ1) is 11.9. The topological polar surface area (TPSA) is 28.7 Å². The van der Waals surface area contributed by atoms with Crippen molar-refractivity contribution in [3.05, 3.63) is 17.5 Å². The molecule has 0 spiro atoms. The van der Waals surface area contributed by atoms with E-state index in [9.17, 15) is 0 Å². The molecule has 2 saturated carbocycles. The van der Waals surface area contributed by atoms with Crippen LogP contribution in [0.2, 0.25) is 0 Å². The van der Waals surface area contributed by atoms with Crippen LogP contribution in [0.4, 0.5) is 0 Å². The Bertz CT molecular complexity index is 498. The second-order valence-corrected chi connectivity index (χ2v) is 10.1. The molecule has 2 aliphatic carbocycles. The highest BCUT2D eigenvalue weighted by molar-refractivity contribution is 5.20. The fourth-order valence-corrected chi connectivity index (χ4v) is 5.84. The standard InChI is InChI=1S/C23H40N2/c1-14(2)18-9-7-16(5)11-20(18)22-13-23(25-24-22)21-12-17(6)8-10-19(21)15(3)4/h13-21H,7-12H2,1-6H3,(H,24,25). The molecule has 0 aromatic carbocycles. The van der Waals surface area contributed by atoms with Gasteiger partial charge in [-0.3, -0.25) is 5.10 Å². The zero-order chi connectivity index (χ0) is 18.1. The van der Waals surface area contributed by atoms with Gasteiger partial charge in [-0.15, -0.1) is 0 Å². The van der Waals surface area contributed by atoms with E-state index in [0.29, 0.717) is 11.8 Å². The number of aromatic amines is 1. The summed E-state index contributed by atoms with van der Waals surface area (Å²) in [6.07, 6.45) is 8.21. The lowest BCUT2D eigenvalue weighted by Crippen LogP contribution is -2.26. The van der Waals surface area contributed by atoms with Crippen molar-refractivity contribution < 1.29 is 0 Å². The largest absolute Gasteiger partial charge is 0.282 e. The molecule has 0 radical (unpaired) electrons. The zero-order valence-corrected chi connectivity index (χ0v) is 17.4. The summed E-state index contributed by atoms with van der Waals surface area (Å²) in [7, 11) is 0. The highest BCUT2D eigenvalue weighted by Gasteiger charge is 2.36. The maximum Gasteiger partial charge on any atom is 0.0658 e. The fraction of sp³-hybridized carbons (Fsp3) is 0.870. The van der Waals surface area contributed by atoms with E-state index in [1.165, 1.54) is 49.9 Å². The van der Waals surface area contributed by atoms with Crippen molar-refractivity contribution in [2.45, 2.75) is 91.9 Å². The summed E-state index contributed by atoms with van der Waals surface area (Å²) in [4.78, 5) is 0. The van der Waals surface area contributed by atoms with E-state index in [4.69, 9.17) is 5.10 Å². The summed E-state index contributed by atoms with van der Waals surface area (Å²) in [5, 5.41) is 8.38. The summed E-state index contributed by atoms with van der Waals surface area (Å²) < 4.78 is 0. The molecule has 2 aliphatic rings. The number of aromatic nitrogens is 2. The Morgan fingerprint density at radius 3 is 1.92 bits per heavy atom. The van der Waals surface area contributed by atoms with E-state index >= 15 is 0 Å². The Balaban J connectivity index is 1.82. The highest BCUT2D eigenvalue weighted by atomic mass is 15.1. The van der Waals surface area contributed by atoms with Gasteiger partial charge < -0.3 is 0 Å². The third-order valence-corrected chi connectivity index (χ3v) is 7.44. The maximum absolute atomic E-state index is 4.88. The maximum atomic E-state index is 4.88. The predicted molar refractivity (Wildman–Crippen MR) is 107 cm³/mol. The highest BCUT2D eigenvalue weighted by Crippen LogP contribution is 2.46. The van der Waals surface area contributed by atoms with Crippen molar-refractivity contribution in [3.63, 3.8) is 0 Å². The number of rotatable bonds is 4. The van der Waals surface area contributed by atoms with Crippen LogP contribution in [0.15, 0.2) is 6.07 Å². The third-order valence-electron chi connectivity index (χ3n) is 7.44. The van der Waals surface area contributed by atoms with E-state index in [1.807, 2.05) is 0 Å². The van der Waals surface area contributed by atoms with Crippen molar-refractivity contribution in [3.8, 4) is 0 Å². The molecule has 2 heteroatoms. The van der Waals surface area contributed by atoms with Crippen LogP contribution in [-0.4, -0.2) is 10.2 Å². The molecule has 0 bridgehead atoms. The molecule has 6 unspecified atom stereocenters. The van der Waals surface area contributed by atoms with Gasteiger partial charge in [-0.25, -0.2) is 0 Å². The normalized spacial score (nSPS) is 37.0. The number of hydrogen-bond acceptors (Lipinski definition) is 1. The quantitative estimate of drug-likeness (QED) is 0.642. The van der Waals surface area contributed by atoms with Gasteiger partial charge in [0.25, 0.3) is 0 Å². The lowest BCUT2D eigenvalue weighted by Gasteiger charge is -2.37. The van der Waals surface area contributed by atoms with E-state index in [-0.39, 0.29) is 0 Å². The molecule has 25 heavy (non-hydrogen) atoms. The SMILES string of the molecule is CC1CCC(C(C)C)C(c2cc(C3CC(C)CCC3C(C)C)[nH]n2)C1. The van der Waals surface area contributed by atoms with E-state index < -0.39 is 0 Å². The lowest BCUT2D eigenvalue weighted by atomic mass is 9.67. The first-order valence-corrected chi connectivity index (χ1v) is 10.9. The molecule has 1 aromatic rings. The van der Waals surface area contributed by atoms with Gasteiger partial charge >= 0.3 is 0 Å². The molecule has 2 fully saturated rings. The van der Waals surface area contributed by atoms with Gasteiger partial charge in [0.05, 0.1) is 5.69 Å². The summed E-state index contributed by atoms with van der Waals surface area (Å²) in [5.74, 6) is 6.19. The average Bonchev–Trinajstić information content (AvgIpc) is 3.03. The molecule has 142 valence electrons. The van der Waals surface area contributed by atoms with Crippen LogP contribution in [0.25, 0.3) is 0 Å². The molecule has 2 nitrogen and oxygen atoms in total. The van der Waals surface area contributed by atoms with Crippen molar-refractivity contribution in [1.29, 1.82) is 0 Å².